The zero-order valence-electron chi connectivity index (χ0n) is 34.3. The molecule has 0 aliphatic carbocycles. The van der Waals surface area contributed by atoms with Gasteiger partial charge in [0.1, 0.15) is 12.1 Å². The summed E-state index contributed by atoms with van der Waals surface area (Å²) in [5.74, 6) is -1.79. The molecule has 54 heavy (non-hydrogen) atoms. The molecule has 316 valence electrons. The number of rotatable bonds is 41. The molecule has 0 saturated carbocycles. The molecular weight excluding hydrogens is 705 g/mol. The summed E-state index contributed by atoms with van der Waals surface area (Å²) in [5.41, 5.74) is 5.35. The van der Waals surface area contributed by atoms with E-state index in [1.165, 1.54) is 89.9 Å². The van der Waals surface area contributed by atoms with Gasteiger partial charge < -0.3 is 25.2 Å². The van der Waals surface area contributed by atoms with Gasteiger partial charge in [0.2, 0.25) is 0 Å². The molecule has 3 unspecified atom stereocenters. The van der Waals surface area contributed by atoms with Crippen molar-refractivity contribution in [3.8, 4) is 0 Å². The van der Waals surface area contributed by atoms with Crippen LogP contribution in [-0.4, -0.2) is 60.5 Å². The minimum Gasteiger partial charge on any atom is -0.480 e. The number of unbranched alkanes of at least 4 members (excludes halogenated alkanes) is 21. The topological polar surface area (TPSA) is 155 Å². The molecule has 11 heteroatoms. The van der Waals surface area contributed by atoms with Crippen LogP contribution in [0.2, 0.25) is 0 Å². The van der Waals surface area contributed by atoms with Gasteiger partial charge >= 0.3 is 19.8 Å². The second-order valence-electron chi connectivity index (χ2n) is 14.5. The third-order valence-corrected chi connectivity index (χ3v) is 10.1. The van der Waals surface area contributed by atoms with E-state index in [9.17, 15) is 19.0 Å². The molecular formula is C43H80NO9P. The van der Waals surface area contributed by atoms with Crippen LogP contribution in [-0.2, 0) is 32.7 Å². The van der Waals surface area contributed by atoms with Crippen molar-refractivity contribution in [1.82, 2.24) is 0 Å². The first kappa shape index (κ1) is 52.2. The molecule has 0 aromatic heterocycles. The normalized spacial score (nSPS) is 14.3. The Hall–Kier alpha value is -1.81. The molecule has 10 nitrogen and oxygen atoms in total. The Balaban J connectivity index is 4.23. The largest absolute Gasteiger partial charge is 0.480 e. The molecule has 0 amide bonds. The molecule has 3 atom stereocenters. The molecule has 0 heterocycles. The fourth-order valence-electron chi connectivity index (χ4n) is 5.79. The fraction of sp³-hybridized carbons (Fsp3) is 0.814. The van der Waals surface area contributed by atoms with Crippen molar-refractivity contribution in [2.75, 3.05) is 26.4 Å². The van der Waals surface area contributed by atoms with Crippen LogP contribution in [0.5, 0.6) is 0 Å². The number of hydrogen-bond donors (Lipinski definition) is 3. The zero-order chi connectivity index (χ0) is 39.8. The van der Waals surface area contributed by atoms with Crippen molar-refractivity contribution >= 4 is 19.8 Å². The Morgan fingerprint density at radius 2 is 1.02 bits per heavy atom. The van der Waals surface area contributed by atoms with Gasteiger partial charge in [0, 0.05) is 13.0 Å². The van der Waals surface area contributed by atoms with Gasteiger partial charge in [-0.3, -0.25) is 18.6 Å². The van der Waals surface area contributed by atoms with Crippen LogP contribution in [0.15, 0.2) is 36.5 Å². The molecule has 0 aromatic rings. The van der Waals surface area contributed by atoms with E-state index in [0.29, 0.717) is 13.0 Å². The Morgan fingerprint density at radius 3 is 1.52 bits per heavy atom. The molecule has 0 saturated heterocycles. The SMILES string of the molecule is CCCCCCC/C=C\C/C=C\C/C=C\CCCCCCCCC(=O)OC(COCCCCCCCCCCCCC)COP(=O)(O)OCC(N)C(=O)O. The Labute approximate surface area is 329 Å². The highest BCUT2D eigenvalue weighted by molar-refractivity contribution is 7.47. The van der Waals surface area contributed by atoms with E-state index in [-0.39, 0.29) is 13.0 Å². The van der Waals surface area contributed by atoms with E-state index in [4.69, 9.17) is 29.4 Å². The van der Waals surface area contributed by atoms with Gasteiger partial charge in [0.25, 0.3) is 0 Å². The molecule has 0 rings (SSSR count). The lowest BCUT2D eigenvalue weighted by molar-refractivity contribution is -0.154. The van der Waals surface area contributed by atoms with Crippen molar-refractivity contribution in [3.05, 3.63) is 36.5 Å². The van der Waals surface area contributed by atoms with Crippen LogP contribution >= 0.6 is 7.82 Å². The molecule has 0 radical (unpaired) electrons. The first-order valence-electron chi connectivity index (χ1n) is 21.5. The molecule has 0 bridgehead atoms. The lowest BCUT2D eigenvalue weighted by Crippen LogP contribution is -2.34. The van der Waals surface area contributed by atoms with Crippen molar-refractivity contribution in [2.45, 2.75) is 199 Å². The van der Waals surface area contributed by atoms with Gasteiger partial charge in [-0.1, -0.05) is 166 Å². The predicted octanol–water partition coefficient (Wildman–Crippen LogP) is 11.7. The number of carboxylic acids is 1. The number of ether oxygens (including phenoxy) is 2. The smallest absolute Gasteiger partial charge is 0.472 e. The summed E-state index contributed by atoms with van der Waals surface area (Å²) in [6.45, 7) is 3.85. The summed E-state index contributed by atoms with van der Waals surface area (Å²) in [5, 5.41) is 8.88. The first-order valence-corrected chi connectivity index (χ1v) is 23.0. The van der Waals surface area contributed by atoms with Gasteiger partial charge in [0.05, 0.1) is 19.8 Å². The maximum absolute atomic E-state index is 12.6. The van der Waals surface area contributed by atoms with Crippen molar-refractivity contribution in [1.29, 1.82) is 0 Å². The van der Waals surface area contributed by atoms with E-state index in [1.807, 2.05) is 0 Å². The summed E-state index contributed by atoms with van der Waals surface area (Å²) in [6.07, 6.45) is 43.4. The van der Waals surface area contributed by atoms with E-state index in [0.717, 1.165) is 70.6 Å². The average molecular weight is 786 g/mol. The fourth-order valence-corrected chi connectivity index (χ4v) is 6.56. The second-order valence-corrected chi connectivity index (χ2v) is 15.9. The summed E-state index contributed by atoms with van der Waals surface area (Å²) < 4.78 is 33.3. The summed E-state index contributed by atoms with van der Waals surface area (Å²) in [4.78, 5) is 33.5. The quantitative estimate of drug-likeness (QED) is 0.0236. The van der Waals surface area contributed by atoms with E-state index in [1.54, 1.807) is 0 Å². The lowest BCUT2D eigenvalue weighted by atomic mass is 10.1. The second kappa shape index (κ2) is 39.4. The van der Waals surface area contributed by atoms with Crippen molar-refractivity contribution in [2.24, 2.45) is 5.73 Å². The minimum atomic E-state index is -4.61. The van der Waals surface area contributed by atoms with Crippen molar-refractivity contribution in [3.63, 3.8) is 0 Å². The number of carbonyl (C=O) groups is 2. The Morgan fingerprint density at radius 1 is 0.593 bits per heavy atom. The number of phosphoric acid groups is 1. The highest BCUT2D eigenvalue weighted by Gasteiger charge is 2.27. The highest BCUT2D eigenvalue weighted by atomic mass is 31.2. The van der Waals surface area contributed by atoms with Gasteiger partial charge in [-0.25, -0.2) is 4.57 Å². The number of hydrogen-bond acceptors (Lipinski definition) is 8. The lowest BCUT2D eigenvalue weighted by Gasteiger charge is -2.20. The summed E-state index contributed by atoms with van der Waals surface area (Å²) in [6, 6.07) is -1.47. The third-order valence-electron chi connectivity index (χ3n) is 9.17. The number of carboxylic acid groups (broad SMARTS) is 1. The standard InChI is InChI=1S/C43H80NO9P/c1-3-5-7-9-11-13-15-16-17-18-19-20-21-22-23-24-25-27-29-31-33-35-42(45)53-40(38-51-54(48,49)52-39-41(44)43(46)47)37-50-36-34-32-30-28-26-14-12-10-8-6-4-2/h15-16,18-19,21-22,40-41H,3-14,17,20,23-39,44H2,1-2H3,(H,46,47)(H,48,49)/b16-15-,19-18-,22-21-. The van der Waals surface area contributed by atoms with Crippen LogP contribution in [0.25, 0.3) is 0 Å². The van der Waals surface area contributed by atoms with Crippen LogP contribution in [0.4, 0.5) is 0 Å². The van der Waals surface area contributed by atoms with Crippen LogP contribution in [0, 0.1) is 0 Å². The van der Waals surface area contributed by atoms with Gasteiger partial charge in [0.15, 0.2) is 0 Å². The molecule has 0 aliphatic rings. The summed E-state index contributed by atoms with van der Waals surface area (Å²) in [7, 11) is -4.61. The third kappa shape index (κ3) is 38.5. The van der Waals surface area contributed by atoms with E-state index in [2.05, 4.69) is 50.3 Å². The number of aliphatic carboxylic acids is 1. The van der Waals surface area contributed by atoms with Gasteiger partial charge in [-0.2, -0.15) is 0 Å². The van der Waals surface area contributed by atoms with Gasteiger partial charge in [-0.15, -0.1) is 0 Å². The number of nitrogens with two attached hydrogens (primary N) is 1. The number of esters is 1. The number of allylic oxidation sites excluding steroid dienone is 6. The molecule has 4 N–H and O–H groups in total. The van der Waals surface area contributed by atoms with Crippen LogP contribution < -0.4 is 5.73 Å². The zero-order valence-corrected chi connectivity index (χ0v) is 35.2. The van der Waals surface area contributed by atoms with E-state index >= 15 is 0 Å². The Bertz CT molecular complexity index is 1000. The first-order chi connectivity index (χ1) is 26.2. The van der Waals surface area contributed by atoms with Crippen molar-refractivity contribution < 1.29 is 42.7 Å². The van der Waals surface area contributed by atoms with E-state index < -0.39 is 45.1 Å². The number of phosphoric ester groups is 1. The Kier molecular flexibility index (Phi) is 38.1. The summed E-state index contributed by atoms with van der Waals surface area (Å²) >= 11 is 0. The molecule has 0 fully saturated rings. The average Bonchev–Trinajstić information content (AvgIpc) is 3.15. The molecule has 0 aromatic carbocycles. The predicted molar refractivity (Wildman–Crippen MR) is 221 cm³/mol. The monoisotopic (exact) mass is 786 g/mol. The van der Waals surface area contributed by atoms with Gasteiger partial charge in [-0.05, 0) is 51.4 Å². The maximum atomic E-state index is 12.6. The van der Waals surface area contributed by atoms with Crippen LogP contribution in [0.3, 0.4) is 0 Å². The number of carbonyl (C=O) groups excluding carboxylic acids is 1. The minimum absolute atomic E-state index is 0.0134. The molecule has 0 spiro atoms. The molecule has 0 aliphatic heterocycles. The highest BCUT2D eigenvalue weighted by Crippen LogP contribution is 2.43. The van der Waals surface area contributed by atoms with Crippen LogP contribution in [0.1, 0.15) is 187 Å². The maximum Gasteiger partial charge on any atom is 0.472 e.